The lowest BCUT2D eigenvalue weighted by molar-refractivity contribution is -0.150. The van der Waals surface area contributed by atoms with Crippen LogP contribution < -0.4 is 16.5 Å². The highest BCUT2D eigenvalue weighted by Crippen LogP contribution is 2.42. The maximum Gasteiger partial charge on any atom is 0.353 e. The van der Waals surface area contributed by atoms with Crippen molar-refractivity contribution >= 4 is 63.5 Å². The molecule has 0 radical (unpaired) electrons. The number of carbonyl (C=O) groups is 3. The molecule has 2 fully saturated rings. The number of amidine groups is 1. The lowest BCUT2D eigenvalue weighted by atomic mass is 10.0. The van der Waals surface area contributed by atoms with Crippen LogP contribution in [-0.2, 0) is 14.4 Å². The van der Waals surface area contributed by atoms with Crippen LogP contribution in [0, 0.1) is 5.41 Å². The maximum absolute atomic E-state index is 12.6. The molecule has 0 aromatic carbocycles. The number of nitrogens with two attached hydrogens (primary N) is 1. The van der Waals surface area contributed by atoms with E-state index < -0.39 is 23.3 Å². The summed E-state index contributed by atoms with van der Waals surface area (Å²) in [5.41, 5.74) is 0.374. The van der Waals surface area contributed by atoms with Gasteiger partial charge in [-0.1, -0.05) is 11.8 Å². The van der Waals surface area contributed by atoms with E-state index in [1.54, 1.807) is 0 Å². The Morgan fingerprint density at radius 2 is 2.25 bits per heavy atom. The molecule has 28 heavy (non-hydrogen) atoms. The Morgan fingerprint density at radius 1 is 1.46 bits per heavy atom. The molecule has 2 saturated heterocycles. The van der Waals surface area contributed by atoms with Crippen molar-refractivity contribution in [2.45, 2.75) is 23.9 Å². The average molecular weight is 444 g/mol. The maximum atomic E-state index is 12.6. The van der Waals surface area contributed by atoms with Crippen LogP contribution in [0.1, 0.15) is 6.42 Å². The van der Waals surface area contributed by atoms with Crippen molar-refractivity contribution in [2.75, 3.05) is 18.2 Å². The normalized spacial score (nSPS) is 30.0. The second-order valence-electron chi connectivity index (χ2n) is 6.39. The molecule has 6 N–H and O–H groups in total. The number of β-lactam (4-membered cyclic amide) rings is 1. The smallest absolute Gasteiger partial charge is 0.353 e. The summed E-state index contributed by atoms with van der Waals surface area (Å²) in [5, 5.41) is 23.1. The van der Waals surface area contributed by atoms with E-state index in [9.17, 15) is 19.5 Å². The number of aliphatic imine (C=N–C) groups is 1. The number of hydrogen-bond acceptors (Lipinski definition) is 10. The predicted octanol–water partition coefficient (Wildman–Crippen LogP) is -1.05. The highest BCUT2D eigenvalue weighted by Gasteiger charge is 2.54. The van der Waals surface area contributed by atoms with Crippen LogP contribution in [-0.4, -0.2) is 78.0 Å². The molecule has 3 atom stereocenters. The number of carboxylic acids is 1. The summed E-state index contributed by atoms with van der Waals surface area (Å²) < 4.78 is 1.38. The first-order chi connectivity index (χ1) is 13.3. The summed E-state index contributed by atoms with van der Waals surface area (Å²) in [6.07, 6.45) is 0.156. The van der Waals surface area contributed by atoms with Gasteiger partial charge in [0, 0.05) is 29.5 Å². The molecular weight excluding hydrogens is 426 g/mol. The third kappa shape index (κ3) is 3.50. The number of amides is 2. The molecule has 150 valence electrons. The van der Waals surface area contributed by atoms with Crippen LogP contribution in [0.5, 0.6) is 0 Å². The molecule has 0 aromatic heterocycles. The standard InChI is InChI=1S/C14H17N7O4S3/c15-14-18-5(2-27-14)1-7(22)19-8-11(23)21-9(13(24)25)6(3-26-12(8)21)10-17-4-20(16)28-10/h5,8,12H,1-4,16H2,(H2,15,18)(H,19,22)(H,24,25)/t5?,8?,12-/m0/s1. The minimum absolute atomic E-state index is 0.0943. The highest BCUT2D eigenvalue weighted by atomic mass is 32.2. The van der Waals surface area contributed by atoms with Crippen LogP contribution >= 0.6 is 35.5 Å². The molecule has 4 rings (SSSR count). The summed E-state index contributed by atoms with van der Waals surface area (Å²) in [4.78, 5) is 42.2. The van der Waals surface area contributed by atoms with E-state index in [1.165, 1.54) is 32.8 Å². The molecule has 14 heteroatoms. The van der Waals surface area contributed by atoms with Gasteiger partial charge in [-0.15, -0.1) is 11.8 Å². The second kappa shape index (κ2) is 7.59. The summed E-state index contributed by atoms with van der Waals surface area (Å²) in [5.74, 6) is 4.70. The molecule has 2 unspecified atom stereocenters. The summed E-state index contributed by atoms with van der Waals surface area (Å²) >= 11 is 3.87. The quantitative estimate of drug-likeness (QED) is 0.201. The molecule has 4 aliphatic heterocycles. The van der Waals surface area contributed by atoms with Gasteiger partial charge in [-0.05, 0) is 11.9 Å². The SMILES string of the molecule is N=C1NC(CC(=O)NC2C(=O)N3C(C(=O)O)=C(C4=NCN(N)S4)CS[C@@H]23)CS1. The van der Waals surface area contributed by atoms with Crippen molar-refractivity contribution in [1.82, 2.24) is 19.9 Å². The van der Waals surface area contributed by atoms with Gasteiger partial charge < -0.3 is 15.7 Å². The molecule has 4 aliphatic rings. The van der Waals surface area contributed by atoms with Gasteiger partial charge in [0.15, 0.2) is 5.17 Å². The number of hydrazine groups is 1. The second-order valence-corrected chi connectivity index (χ2v) is 9.56. The van der Waals surface area contributed by atoms with Crippen molar-refractivity contribution in [3.63, 3.8) is 0 Å². The van der Waals surface area contributed by atoms with Gasteiger partial charge in [0.25, 0.3) is 5.91 Å². The molecule has 2 amide bonds. The van der Waals surface area contributed by atoms with Gasteiger partial charge >= 0.3 is 5.97 Å². The fraction of sp³-hybridized carbons (Fsp3) is 0.500. The van der Waals surface area contributed by atoms with E-state index in [2.05, 4.69) is 15.6 Å². The number of nitrogens with zero attached hydrogens (tertiary/aromatic N) is 3. The molecular formula is C14H17N7O4S3. The third-order valence-electron chi connectivity index (χ3n) is 4.50. The molecule has 0 bridgehead atoms. The highest BCUT2D eigenvalue weighted by molar-refractivity contribution is 8.14. The zero-order valence-corrected chi connectivity index (χ0v) is 16.8. The van der Waals surface area contributed by atoms with Crippen LogP contribution in [0.25, 0.3) is 0 Å². The first-order valence-electron chi connectivity index (χ1n) is 8.28. The van der Waals surface area contributed by atoms with E-state index in [0.29, 0.717) is 27.3 Å². The lowest BCUT2D eigenvalue weighted by Gasteiger charge is -2.49. The van der Waals surface area contributed by atoms with Gasteiger partial charge in [-0.25, -0.2) is 4.79 Å². The minimum atomic E-state index is -1.21. The van der Waals surface area contributed by atoms with E-state index in [4.69, 9.17) is 11.3 Å². The number of nitrogens with one attached hydrogen (secondary N) is 3. The lowest BCUT2D eigenvalue weighted by Crippen LogP contribution is -2.70. The van der Waals surface area contributed by atoms with E-state index in [0.717, 1.165) is 11.9 Å². The predicted molar refractivity (Wildman–Crippen MR) is 107 cm³/mol. The van der Waals surface area contributed by atoms with Gasteiger partial charge in [-0.2, -0.15) is 4.41 Å². The topological polar surface area (TPSA) is 164 Å². The molecule has 0 spiro atoms. The number of carbonyl (C=O) groups excluding carboxylic acids is 2. The zero-order chi connectivity index (χ0) is 20.0. The number of fused-ring (bicyclic) bond motifs is 1. The number of thioether (sulfide) groups is 2. The van der Waals surface area contributed by atoms with E-state index >= 15 is 0 Å². The van der Waals surface area contributed by atoms with Crippen LogP contribution in [0.4, 0.5) is 0 Å². The average Bonchev–Trinajstić information content (AvgIpc) is 3.26. The Kier molecular flexibility index (Phi) is 5.30. The number of hydrogen-bond donors (Lipinski definition) is 5. The Bertz CT molecular complexity index is 832. The Balaban J connectivity index is 1.45. The number of rotatable bonds is 5. The summed E-state index contributed by atoms with van der Waals surface area (Å²) in [6, 6.07) is -0.897. The summed E-state index contributed by atoms with van der Waals surface area (Å²) in [7, 11) is 0. The van der Waals surface area contributed by atoms with Crippen LogP contribution in [0.2, 0.25) is 0 Å². The van der Waals surface area contributed by atoms with Crippen molar-refractivity contribution in [1.29, 1.82) is 5.41 Å². The summed E-state index contributed by atoms with van der Waals surface area (Å²) in [6.45, 7) is 0.252. The minimum Gasteiger partial charge on any atom is -0.477 e. The Labute approximate surface area is 172 Å². The van der Waals surface area contributed by atoms with Crippen LogP contribution in [0.3, 0.4) is 0 Å². The van der Waals surface area contributed by atoms with E-state index in [-0.39, 0.29) is 30.7 Å². The van der Waals surface area contributed by atoms with E-state index in [1.807, 2.05) is 0 Å². The molecule has 0 saturated carbocycles. The van der Waals surface area contributed by atoms with Gasteiger partial charge in [-0.3, -0.25) is 30.7 Å². The third-order valence-corrected chi connectivity index (χ3v) is 7.65. The molecule has 11 nitrogen and oxygen atoms in total. The van der Waals surface area contributed by atoms with Crippen molar-refractivity contribution in [2.24, 2.45) is 10.8 Å². The molecule has 0 aliphatic carbocycles. The van der Waals surface area contributed by atoms with Gasteiger partial charge in [0.2, 0.25) is 5.91 Å². The monoisotopic (exact) mass is 443 g/mol. The number of carboxylic acid groups (broad SMARTS) is 1. The largest absolute Gasteiger partial charge is 0.477 e. The zero-order valence-electron chi connectivity index (χ0n) is 14.4. The first-order valence-corrected chi connectivity index (χ1v) is 11.1. The van der Waals surface area contributed by atoms with Gasteiger partial charge in [0.1, 0.15) is 28.8 Å². The Morgan fingerprint density at radius 3 is 2.86 bits per heavy atom. The molecule has 0 aromatic rings. The fourth-order valence-corrected chi connectivity index (χ4v) is 6.24. The van der Waals surface area contributed by atoms with Crippen LogP contribution in [0.15, 0.2) is 16.3 Å². The molecule has 4 heterocycles. The van der Waals surface area contributed by atoms with Crippen molar-refractivity contribution < 1.29 is 19.5 Å². The van der Waals surface area contributed by atoms with Crippen molar-refractivity contribution in [3.05, 3.63) is 11.3 Å². The van der Waals surface area contributed by atoms with Gasteiger partial charge in [0.05, 0.1) is 0 Å². The first kappa shape index (κ1) is 19.6. The number of aliphatic carboxylic acids is 1. The van der Waals surface area contributed by atoms with Crippen molar-refractivity contribution in [3.8, 4) is 0 Å². The fourth-order valence-electron chi connectivity index (χ4n) is 3.26. The Hall–Kier alpha value is -1.74.